The van der Waals surface area contributed by atoms with Crippen LogP contribution in [0.3, 0.4) is 0 Å². The Morgan fingerprint density at radius 1 is 1.00 bits per heavy atom. The Kier molecular flexibility index (Phi) is 9.11. The minimum absolute atomic E-state index is 0.178. The second kappa shape index (κ2) is 13.1. The second-order valence-electron chi connectivity index (χ2n) is 9.46. The van der Waals surface area contributed by atoms with E-state index in [1.165, 1.54) is 44.6 Å². The van der Waals surface area contributed by atoms with Gasteiger partial charge in [-0.1, -0.05) is 65.5 Å². The average Bonchev–Trinajstić information content (AvgIpc) is 3.38. The summed E-state index contributed by atoms with van der Waals surface area (Å²) in [5.41, 5.74) is 5.99. The maximum Gasteiger partial charge on any atom is 0.202 e. The number of thioether (sulfide) groups is 1. The molecule has 1 N–H and O–H groups in total. The highest BCUT2D eigenvalue weighted by Crippen LogP contribution is 2.33. The molecule has 0 saturated heterocycles. The molecule has 0 unspecified atom stereocenters. The van der Waals surface area contributed by atoms with E-state index >= 15 is 0 Å². The van der Waals surface area contributed by atoms with E-state index in [9.17, 15) is 4.79 Å². The Morgan fingerprint density at radius 2 is 1.72 bits per heavy atom. The first-order valence-electron chi connectivity index (χ1n) is 13.1. The van der Waals surface area contributed by atoms with E-state index in [4.69, 9.17) is 4.74 Å². The van der Waals surface area contributed by atoms with Crippen LogP contribution < -0.4 is 10.2 Å². The molecule has 7 nitrogen and oxygen atoms in total. The van der Waals surface area contributed by atoms with Gasteiger partial charge in [-0.05, 0) is 84.6 Å². The fraction of sp³-hybridized carbons (Fsp3) is 0.267. The maximum atomic E-state index is 12.4. The molecule has 1 aliphatic carbocycles. The number of hydrogen-bond acceptors (Lipinski definition) is 7. The van der Waals surface area contributed by atoms with E-state index in [-0.39, 0.29) is 17.4 Å². The number of carbonyl (C=O) groups excluding carboxylic acids is 1. The van der Waals surface area contributed by atoms with Crippen LogP contribution >= 0.6 is 27.7 Å². The number of benzene rings is 3. The molecule has 1 fully saturated rings. The quantitative estimate of drug-likeness (QED) is 0.0910. The van der Waals surface area contributed by atoms with Gasteiger partial charge in [-0.3, -0.25) is 14.8 Å². The van der Waals surface area contributed by atoms with Gasteiger partial charge in [0.25, 0.3) is 0 Å². The molecule has 0 bridgehead atoms. The van der Waals surface area contributed by atoms with Gasteiger partial charge in [0.05, 0.1) is 5.69 Å². The molecule has 1 heterocycles. The van der Waals surface area contributed by atoms with Gasteiger partial charge in [-0.15, -0.1) is 10.2 Å². The number of aromatic nitrogens is 3. The van der Waals surface area contributed by atoms with Crippen LogP contribution in [-0.2, 0) is 11.4 Å². The number of hydrogen-bond donors (Lipinski definition) is 1. The number of ether oxygens (including phenoxy) is 1. The molecule has 1 aliphatic rings. The molecule has 9 heteroatoms. The summed E-state index contributed by atoms with van der Waals surface area (Å²) in [7, 11) is 0. The highest BCUT2D eigenvalue weighted by atomic mass is 79.9. The highest BCUT2D eigenvalue weighted by Gasteiger charge is 2.20. The van der Waals surface area contributed by atoms with Crippen LogP contribution in [0.4, 0.5) is 5.69 Å². The van der Waals surface area contributed by atoms with Crippen molar-refractivity contribution in [3.63, 3.8) is 0 Å². The lowest BCUT2D eigenvalue weighted by atomic mass is 9.84. The first-order chi connectivity index (χ1) is 19.1. The van der Waals surface area contributed by atoms with Crippen LogP contribution in [-0.4, -0.2) is 25.6 Å². The molecule has 3 aromatic carbocycles. The molecule has 1 saturated carbocycles. The topological polar surface area (TPSA) is 81.4 Å². The van der Waals surface area contributed by atoms with Crippen LogP contribution in [0, 0.1) is 0 Å². The van der Waals surface area contributed by atoms with Gasteiger partial charge in [0.1, 0.15) is 12.4 Å². The lowest BCUT2D eigenvalue weighted by molar-refractivity contribution is -0.110. The van der Waals surface area contributed by atoms with Crippen molar-refractivity contribution < 1.29 is 9.53 Å². The van der Waals surface area contributed by atoms with Crippen LogP contribution in [0.1, 0.15) is 56.3 Å². The Bertz CT molecular complexity index is 1420. The summed E-state index contributed by atoms with van der Waals surface area (Å²) in [5.74, 6) is 1.90. The predicted molar refractivity (Wildman–Crippen MR) is 160 cm³/mol. The lowest BCUT2D eigenvalue weighted by Gasteiger charge is -2.22. The first kappa shape index (κ1) is 27.1. The molecule has 39 heavy (non-hydrogen) atoms. The summed E-state index contributed by atoms with van der Waals surface area (Å²) in [6.45, 7) is 1.72. The normalized spacial score (nSPS) is 14.3. The van der Waals surface area contributed by atoms with E-state index in [1.807, 2.05) is 71.3 Å². The number of nitrogens with zero attached hydrogens (tertiary/aromatic N) is 4. The van der Waals surface area contributed by atoms with Crippen molar-refractivity contribution >= 4 is 44.2 Å². The van der Waals surface area contributed by atoms with Crippen molar-refractivity contribution in [2.24, 2.45) is 5.10 Å². The first-order valence-corrected chi connectivity index (χ1v) is 14.7. The van der Waals surface area contributed by atoms with Crippen molar-refractivity contribution in [3.05, 3.63) is 94.7 Å². The van der Waals surface area contributed by atoms with E-state index in [0.29, 0.717) is 16.9 Å². The molecule has 0 amide bonds. The van der Waals surface area contributed by atoms with E-state index in [0.717, 1.165) is 33.4 Å². The van der Waals surface area contributed by atoms with Gasteiger partial charge >= 0.3 is 0 Å². The number of ketones is 1. The molecular weight excluding hydrogens is 574 g/mol. The van der Waals surface area contributed by atoms with Gasteiger partial charge in [0, 0.05) is 17.1 Å². The van der Waals surface area contributed by atoms with Crippen molar-refractivity contribution in [1.82, 2.24) is 14.8 Å². The summed E-state index contributed by atoms with van der Waals surface area (Å²) in [6.07, 6.45) is 6.51. The zero-order valence-electron chi connectivity index (χ0n) is 21.7. The number of halogens is 1. The summed E-state index contributed by atoms with van der Waals surface area (Å²) in [4.78, 5) is 12.4. The van der Waals surface area contributed by atoms with Gasteiger partial charge in [0.15, 0.2) is 16.7 Å². The lowest BCUT2D eigenvalue weighted by Crippen LogP contribution is -2.11. The summed E-state index contributed by atoms with van der Waals surface area (Å²) in [6, 6.07) is 25.8. The summed E-state index contributed by atoms with van der Waals surface area (Å²) in [5, 5.41) is 14.0. The number of rotatable bonds is 9. The van der Waals surface area contributed by atoms with Crippen molar-refractivity contribution in [3.8, 4) is 11.4 Å². The van der Waals surface area contributed by atoms with E-state index in [2.05, 4.69) is 48.8 Å². The molecule has 0 radical (unpaired) electrons. The van der Waals surface area contributed by atoms with Gasteiger partial charge in [0.2, 0.25) is 5.16 Å². The number of para-hydroxylation sites is 1. The van der Waals surface area contributed by atoms with Crippen molar-refractivity contribution in [2.75, 3.05) is 5.43 Å². The number of Topliss-reactive ketones (excluding diaryl/α,β-unsaturated/α-hetero) is 1. The van der Waals surface area contributed by atoms with Crippen LogP contribution in [0.2, 0.25) is 0 Å². The second-order valence-corrected chi connectivity index (χ2v) is 11.3. The van der Waals surface area contributed by atoms with E-state index in [1.54, 1.807) is 0 Å². The van der Waals surface area contributed by atoms with Crippen LogP contribution in [0.5, 0.6) is 5.75 Å². The van der Waals surface area contributed by atoms with E-state index < -0.39 is 0 Å². The Balaban J connectivity index is 1.34. The Morgan fingerprint density at radius 3 is 2.41 bits per heavy atom. The Labute approximate surface area is 241 Å². The standard InChI is InChI=1S/C30H30BrN5O2S/c1-21(37)29(34-32-25-16-14-24(31)15-17-25)39-30-35-33-28(36(30)26-10-6-3-7-11-26)20-38-27-18-12-23(13-19-27)22-8-4-2-5-9-22/h3,6-7,10-19,22,32H,2,4-5,8-9,20H2,1H3/b34-29-. The molecule has 0 spiro atoms. The van der Waals surface area contributed by atoms with Gasteiger partial charge < -0.3 is 4.74 Å². The SMILES string of the molecule is CC(=O)/C(=N/Nc1ccc(Br)cc1)Sc1nnc(COc2ccc(C3CCCCC3)cc2)n1-c1ccccc1. The summed E-state index contributed by atoms with van der Waals surface area (Å²) < 4.78 is 9.00. The minimum atomic E-state index is -0.178. The molecule has 4 aromatic rings. The zero-order chi connectivity index (χ0) is 27.0. The maximum absolute atomic E-state index is 12.4. The largest absolute Gasteiger partial charge is 0.486 e. The number of carbonyl (C=O) groups is 1. The smallest absolute Gasteiger partial charge is 0.202 e. The van der Waals surface area contributed by atoms with Gasteiger partial charge in [-0.2, -0.15) is 5.10 Å². The molecule has 200 valence electrons. The molecule has 5 rings (SSSR count). The third-order valence-corrected chi connectivity index (χ3v) is 8.21. The molecule has 0 aliphatic heterocycles. The summed E-state index contributed by atoms with van der Waals surface area (Å²) >= 11 is 4.59. The Hall–Kier alpha value is -3.43. The van der Waals surface area contributed by atoms with Crippen molar-refractivity contribution in [1.29, 1.82) is 0 Å². The highest BCUT2D eigenvalue weighted by molar-refractivity contribution is 9.10. The van der Waals surface area contributed by atoms with Gasteiger partial charge in [-0.25, -0.2) is 0 Å². The molecule has 1 aromatic heterocycles. The fourth-order valence-electron chi connectivity index (χ4n) is 4.62. The van der Waals surface area contributed by atoms with Crippen LogP contribution in [0.15, 0.2) is 93.6 Å². The van der Waals surface area contributed by atoms with Crippen molar-refractivity contribution in [2.45, 2.75) is 56.7 Å². The predicted octanol–water partition coefficient (Wildman–Crippen LogP) is 7.76. The number of hydrazone groups is 1. The molecular formula is C30H30BrN5O2S. The zero-order valence-corrected chi connectivity index (χ0v) is 24.1. The number of nitrogens with one attached hydrogen (secondary N) is 1. The molecule has 0 atom stereocenters. The third-order valence-electron chi connectivity index (χ3n) is 6.66. The van der Waals surface area contributed by atoms with Crippen LogP contribution in [0.25, 0.3) is 5.69 Å². The third kappa shape index (κ3) is 7.16. The fourth-order valence-corrected chi connectivity index (χ4v) is 5.67. The monoisotopic (exact) mass is 603 g/mol. The number of anilines is 1. The minimum Gasteiger partial charge on any atom is -0.486 e. The average molecular weight is 605 g/mol.